The first-order valence-corrected chi connectivity index (χ1v) is 13.5. The molecule has 0 aromatic heterocycles. The summed E-state index contributed by atoms with van der Waals surface area (Å²) in [4.78, 5) is 60.1. The van der Waals surface area contributed by atoms with Crippen molar-refractivity contribution in [3.63, 3.8) is 0 Å². The Balaban J connectivity index is 1.55. The molecule has 214 valence electrons. The van der Waals surface area contributed by atoms with Gasteiger partial charge in [0.2, 0.25) is 11.8 Å². The quantitative estimate of drug-likeness (QED) is 0.364. The average Bonchev–Trinajstić information content (AvgIpc) is 3.20. The Labute approximate surface area is 236 Å². The summed E-state index contributed by atoms with van der Waals surface area (Å²) in [5.74, 6) is -0.333. The van der Waals surface area contributed by atoms with Crippen LogP contribution in [0.3, 0.4) is 0 Å². The van der Waals surface area contributed by atoms with Crippen molar-refractivity contribution >= 4 is 40.9 Å². The van der Waals surface area contributed by atoms with E-state index in [1.54, 1.807) is 57.2 Å². The Morgan fingerprint density at radius 3 is 2.02 bits per heavy atom. The van der Waals surface area contributed by atoms with Gasteiger partial charge in [0.15, 0.2) is 0 Å². The van der Waals surface area contributed by atoms with E-state index in [0.717, 1.165) is 22.9 Å². The van der Waals surface area contributed by atoms with E-state index in [2.05, 4.69) is 16.0 Å². The molecule has 0 aliphatic carbocycles. The van der Waals surface area contributed by atoms with Crippen LogP contribution >= 0.6 is 11.8 Å². The van der Waals surface area contributed by atoms with E-state index in [1.807, 2.05) is 12.1 Å². The molecule has 0 spiro atoms. The number of nitrogens with one attached hydrogen (secondary N) is 3. The Bertz CT molecular complexity index is 1240. The Hall–Kier alpha value is -4.06. The highest BCUT2D eigenvalue weighted by atomic mass is 32.2. The Kier molecular flexibility index (Phi) is 10.2. The summed E-state index contributed by atoms with van der Waals surface area (Å²) in [7, 11) is 1.23. The van der Waals surface area contributed by atoms with E-state index in [4.69, 9.17) is 14.2 Å². The molecular formula is C28H33N3O8S. The maximum Gasteiger partial charge on any atom is 0.408 e. The monoisotopic (exact) mass is 571 g/mol. The fraction of sp³-hybridized carbons (Fsp3) is 0.393. The molecule has 0 radical (unpaired) electrons. The first kappa shape index (κ1) is 30.5. The molecule has 3 atom stereocenters. The number of imide groups is 1. The lowest BCUT2D eigenvalue weighted by Crippen LogP contribution is -2.51. The van der Waals surface area contributed by atoms with Gasteiger partial charge < -0.3 is 24.8 Å². The van der Waals surface area contributed by atoms with E-state index >= 15 is 0 Å². The van der Waals surface area contributed by atoms with Crippen molar-refractivity contribution in [1.29, 1.82) is 0 Å². The molecular weight excluding hydrogens is 538 g/mol. The second-order valence-electron chi connectivity index (χ2n) is 10.1. The van der Waals surface area contributed by atoms with Crippen molar-refractivity contribution < 1.29 is 38.2 Å². The normalized spacial score (nSPS) is 16.4. The average molecular weight is 572 g/mol. The molecule has 11 nitrogen and oxygen atoms in total. The molecule has 0 bridgehead atoms. The number of benzene rings is 2. The molecule has 3 unspecified atom stereocenters. The van der Waals surface area contributed by atoms with Crippen LogP contribution in [-0.4, -0.2) is 59.2 Å². The van der Waals surface area contributed by atoms with Gasteiger partial charge in [-0.05, 0) is 69.5 Å². The summed E-state index contributed by atoms with van der Waals surface area (Å²) in [5.41, 5.74) is 0.926. The minimum Gasteiger partial charge on any atom is -0.467 e. The minimum atomic E-state index is -0.977. The van der Waals surface area contributed by atoms with E-state index in [-0.39, 0.29) is 17.6 Å². The van der Waals surface area contributed by atoms with Gasteiger partial charge in [-0.3, -0.25) is 19.7 Å². The topological polar surface area (TPSA) is 149 Å². The number of rotatable bonds is 10. The maximum atomic E-state index is 12.6. The Morgan fingerprint density at radius 2 is 1.52 bits per heavy atom. The first-order valence-electron chi connectivity index (χ1n) is 12.6. The van der Waals surface area contributed by atoms with Gasteiger partial charge in [0, 0.05) is 6.42 Å². The molecule has 4 amide bonds. The molecule has 1 aliphatic heterocycles. The zero-order valence-corrected chi connectivity index (χ0v) is 23.8. The fourth-order valence-electron chi connectivity index (χ4n) is 3.68. The van der Waals surface area contributed by atoms with Gasteiger partial charge in [0.25, 0.3) is 5.24 Å². The van der Waals surface area contributed by atoms with Crippen LogP contribution in [0.5, 0.6) is 11.5 Å². The van der Waals surface area contributed by atoms with Gasteiger partial charge in [-0.1, -0.05) is 36.0 Å². The molecule has 1 fully saturated rings. The number of alkyl carbamates (subject to hydrolysis) is 1. The SMILES string of the molecule is COC(=O)C(Cc1ccc(Oc2ccc(CC3SC(=O)NC3=O)cc2)cc1)NC(=O)C(C)NC(=O)OC(C)(C)C. The molecule has 0 saturated carbocycles. The number of esters is 1. The lowest BCUT2D eigenvalue weighted by atomic mass is 10.1. The van der Waals surface area contributed by atoms with Crippen molar-refractivity contribution in [1.82, 2.24) is 16.0 Å². The third-order valence-corrected chi connectivity index (χ3v) is 6.62. The number of amides is 4. The number of hydrogen-bond acceptors (Lipinski definition) is 9. The number of carbonyl (C=O) groups excluding carboxylic acids is 5. The second-order valence-corrected chi connectivity index (χ2v) is 11.3. The van der Waals surface area contributed by atoms with E-state index in [0.29, 0.717) is 17.9 Å². The molecule has 3 N–H and O–H groups in total. The lowest BCUT2D eigenvalue weighted by Gasteiger charge is -2.23. The molecule has 12 heteroatoms. The third kappa shape index (κ3) is 9.30. The van der Waals surface area contributed by atoms with Crippen LogP contribution in [0.25, 0.3) is 0 Å². The van der Waals surface area contributed by atoms with Crippen LogP contribution in [0.1, 0.15) is 38.8 Å². The lowest BCUT2D eigenvalue weighted by molar-refractivity contribution is -0.145. The maximum absolute atomic E-state index is 12.6. The van der Waals surface area contributed by atoms with Gasteiger partial charge in [-0.25, -0.2) is 9.59 Å². The van der Waals surface area contributed by atoms with E-state index in [1.165, 1.54) is 14.0 Å². The predicted octanol–water partition coefficient (Wildman–Crippen LogP) is 3.49. The van der Waals surface area contributed by atoms with Crippen LogP contribution in [0.4, 0.5) is 9.59 Å². The van der Waals surface area contributed by atoms with Gasteiger partial charge >= 0.3 is 12.1 Å². The highest BCUT2D eigenvalue weighted by molar-refractivity contribution is 8.15. The molecule has 2 aromatic carbocycles. The summed E-state index contributed by atoms with van der Waals surface area (Å²) >= 11 is 0.987. The highest BCUT2D eigenvalue weighted by Gasteiger charge is 2.31. The molecule has 1 heterocycles. The van der Waals surface area contributed by atoms with E-state index in [9.17, 15) is 24.0 Å². The summed E-state index contributed by atoms with van der Waals surface area (Å²) in [5, 5.41) is 6.57. The fourth-order valence-corrected chi connectivity index (χ4v) is 4.54. The number of thioether (sulfide) groups is 1. The molecule has 40 heavy (non-hydrogen) atoms. The molecule has 1 aliphatic rings. The van der Waals surface area contributed by atoms with Crippen LogP contribution in [0.15, 0.2) is 48.5 Å². The first-order chi connectivity index (χ1) is 18.8. The minimum absolute atomic E-state index is 0.155. The summed E-state index contributed by atoms with van der Waals surface area (Å²) in [6.45, 7) is 6.61. The summed E-state index contributed by atoms with van der Waals surface area (Å²) < 4.78 is 15.9. The van der Waals surface area contributed by atoms with Gasteiger partial charge in [0.05, 0.1) is 12.4 Å². The van der Waals surface area contributed by atoms with Crippen LogP contribution < -0.4 is 20.7 Å². The number of methoxy groups -OCH3 is 1. The van der Waals surface area contributed by atoms with Crippen molar-refractivity contribution in [2.45, 2.75) is 63.5 Å². The number of carbonyl (C=O) groups is 5. The van der Waals surface area contributed by atoms with Crippen molar-refractivity contribution in [3.05, 3.63) is 59.7 Å². The Morgan fingerprint density at radius 1 is 0.950 bits per heavy atom. The molecule has 2 aromatic rings. The van der Waals surface area contributed by atoms with E-state index < -0.39 is 40.9 Å². The predicted molar refractivity (Wildman–Crippen MR) is 148 cm³/mol. The number of ether oxygens (including phenoxy) is 3. The van der Waals surface area contributed by atoms with Gasteiger partial charge in [-0.2, -0.15) is 0 Å². The van der Waals surface area contributed by atoms with Crippen LogP contribution in [0, 0.1) is 0 Å². The third-order valence-electron chi connectivity index (χ3n) is 5.64. The smallest absolute Gasteiger partial charge is 0.408 e. The largest absolute Gasteiger partial charge is 0.467 e. The van der Waals surface area contributed by atoms with Gasteiger partial charge in [-0.15, -0.1) is 0 Å². The number of hydrogen-bond donors (Lipinski definition) is 3. The van der Waals surface area contributed by atoms with Crippen molar-refractivity contribution in [2.24, 2.45) is 0 Å². The summed E-state index contributed by atoms with van der Waals surface area (Å²) in [6, 6.07) is 12.3. The second kappa shape index (κ2) is 13.3. The van der Waals surface area contributed by atoms with Crippen molar-refractivity contribution in [3.8, 4) is 11.5 Å². The summed E-state index contributed by atoms with van der Waals surface area (Å²) in [6.07, 6.45) is -0.154. The van der Waals surface area contributed by atoms with Crippen LogP contribution in [0.2, 0.25) is 0 Å². The van der Waals surface area contributed by atoms with Gasteiger partial charge in [0.1, 0.15) is 29.2 Å². The van der Waals surface area contributed by atoms with Crippen molar-refractivity contribution in [2.75, 3.05) is 7.11 Å². The highest BCUT2D eigenvalue weighted by Crippen LogP contribution is 2.26. The van der Waals surface area contributed by atoms with Crippen LogP contribution in [-0.2, 0) is 36.7 Å². The zero-order chi connectivity index (χ0) is 29.4. The standard InChI is InChI=1S/C28H33N3O8S/c1-16(29-26(35)39-28(2,3)4)23(32)30-21(25(34)37-5)14-17-6-10-19(11-7-17)38-20-12-8-18(9-13-20)15-22-24(33)31-27(36)40-22/h6-13,16,21-22H,14-15H2,1-5H3,(H,29,35)(H,30,32)(H,31,33,36). The zero-order valence-electron chi connectivity index (χ0n) is 22.9. The molecule has 1 saturated heterocycles. The molecule has 3 rings (SSSR count).